The van der Waals surface area contributed by atoms with Gasteiger partial charge in [-0.3, -0.25) is 4.79 Å². The molecule has 7 nitrogen and oxygen atoms in total. The maximum atomic E-state index is 14.1. The molecule has 0 aliphatic heterocycles. The third-order valence-electron chi connectivity index (χ3n) is 9.63. The van der Waals surface area contributed by atoms with Gasteiger partial charge in [-0.05, 0) is 47.2 Å². The number of methoxy groups -OCH3 is 5. The first kappa shape index (κ1) is 32.4. The number of rotatable bonds is 13. The van der Waals surface area contributed by atoms with Crippen LogP contribution in [0.15, 0.2) is 42.7 Å². The van der Waals surface area contributed by atoms with Gasteiger partial charge in [0.2, 0.25) is 8.32 Å². The van der Waals surface area contributed by atoms with Gasteiger partial charge in [0.15, 0.2) is 23.1 Å². The van der Waals surface area contributed by atoms with Crippen molar-refractivity contribution >= 4 is 14.1 Å². The molecule has 4 atom stereocenters. The minimum Gasteiger partial charge on any atom is -0.500 e. The van der Waals surface area contributed by atoms with E-state index in [0.29, 0.717) is 46.7 Å². The maximum Gasteiger partial charge on any atom is 0.200 e. The van der Waals surface area contributed by atoms with Crippen molar-refractivity contribution in [3.8, 4) is 11.5 Å². The fourth-order valence-electron chi connectivity index (χ4n) is 8.09. The minimum absolute atomic E-state index is 0.0885. The van der Waals surface area contributed by atoms with Crippen LogP contribution in [0.3, 0.4) is 0 Å². The molecule has 224 valence electrons. The molecule has 8 heteroatoms. The van der Waals surface area contributed by atoms with Gasteiger partial charge in [-0.25, -0.2) is 0 Å². The third-order valence-corrected chi connectivity index (χ3v) is 15.8. The predicted molar refractivity (Wildman–Crippen MR) is 160 cm³/mol. The molecule has 3 rings (SSSR count). The number of allylic oxidation sites excluding steroid dienone is 2. The zero-order valence-corrected chi connectivity index (χ0v) is 27.3. The Hall–Kier alpha value is -2.13. The molecule has 2 aliphatic carbocycles. The Morgan fingerprint density at radius 2 is 1.50 bits per heavy atom. The van der Waals surface area contributed by atoms with Crippen molar-refractivity contribution in [2.24, 2.45) is 11.3 Å². The number of ether oxygens (including phenoxy) is 5. The van der Waals surface area contributed by atoms with Gasteiger partial charge in [0, 0.05) is 26.2 Å². The van der Waals surface area contributed by atoms with Crippen LogP contribution in [-0.2, 0) is 23.4 Å². The lowest BCUT2D eigenvalue weighted by Crippen LogP contribution is -2.70. The Balaban J connectivity index is 2.42. The summed E-state index contributed by atoms with van der Waals surface area (Å²) < 4.78 is 37.4. The Kier molecular flexibility index (Phi) is 10.0. The van der Waals surface area contributed by atoms with E-state index in [4.69, 9.17) is 28.1 Å². The molecule has 0 spiro atoms. The number of fused-ring (bicyclic) bond motifs is 2. The standard InChI is InChI=1S/C32H50O7Si/c1-13-16-31-19-27(39-40(20(2)3,21(4)5)22(6)7)29(23-14-15-24(34-8)25(17-23)35-9)30(32(31,37-11)38-12)26(36-10)18-28(31)33/h13-15,17-18,20-22,27,29-30H,1,16,19H2,2-12H3/t27-,29+,30+,31-/m0/s1. The molecule has 0 aromatic heterocycles. The summed E-state index contributed by atoms with van der Waals surface area (Å²) in [6.45, 7) is 17.7. The van der Waals surface area contributed by atoms with Gasteiger partial charge in [-0.1, -0.05) is 53.7 Å². The molecule has 2 bridgehead atoms. The quantitative estimate of drug-likeness (QED) is 0.142. The summed E-state index contributed by atoms with van der Waals surface area (Å²) in [5, 5.41) is 0. The van der Waals surface area contributed by atoms with Crippen molar-refractivity contribution in [3.05, 3.63) is 48.3 Å². The van der Waals surface area contributed by atoms with Crippen LogP contribution in [0, 0.1) is 11.3 Å². The molecule has 40 heavy (non-hydrogen) atoms. The summed E-state index contributed by atoms with van der Waals surface area (Å²) in [5.74, 6) is -0.339. The second kappa shape index (κ2) is 12.4. The van der Waals surface area contributed by atoms with Crippen molar-refractivity contribution in [3.63, 3.8) is 0 Å². The monoisotopic (exact) mass is 574 g/mol. The van der Waals surface area contributed by atoms with E-state index in [9.17, 15) is 4.79 Å². The zero-order chi connectivity index (χ0) is 30.0. The van der Waals surface area contributed by atoms with Crippen molar-refractivity contribution < 1.29 is 32.9 Å². The van der Waals surface area contributed by atoms with Crippen LogP contribution in [0.5, 0.6) is 11.5 Å². The molecule has 0 saturated heterocycles. The number of hydrogen-bond acceptors (Lipinski definition) is 7. The van der Waals surface area contributed by atoms with Crippen molar-refractivity contribution in [2.75, 3.05) is 35.5 Å². The summed E-state index contributed by atoms with van der Waals surface area (Å²) in [4.78, 5) is 14.1. The fourth-order valence-corrected chi connectivity index (χ4v) is 13.7. The average molecular weight is 575 g/mol. The highest BCUT2D eigenvalue weighted by molar-refractivity contribution is 6.77. The van der Waals surface area contributed by atoms with E-state index >= 15 is 0 Å². The normalized spacial score (nSPS) is 26.2. The van der Waals surface area contributed by atoms with E-state index in [2.05, 4.69) is 48.1 Å². The molecular weight excluding hydrogens is 524 g/mol. The van der Waals surface area contributed by atoms with Gasteiger partial charge in [0.1, 0.15) is 5.76 Å². The third kappa shape index (κ3) is 4.74. The summed E-state index contributed by atoms with van der Waals surface area (Å²) in [6, 6.07) is 5.97. The molecule has 1 fully saturated rings. The van der Waals surface area contributed by atoms with Gasteiger partial charge >= 0.3 is 0 Å². The number of hydrogen-bond donors (Lipinski definition) is 0. The molecule has 0 radical (unpaired) electrons. The van der Waals surface area contributed by atoms with E-state index in [1.165, 1.54) is 0 Å². The van der Waals surface area contributed by atoms with Gasteiger partial charge < -0.3 is 28.1 Å². The number of ketones is 1. The largest absolute Gasteiger partial charge is 0.500 e. The average Bonchev–Trinajstić information content (AvgIpc) is 2.92. The molecule has 0 heterocycles. The molecule has 2 aliphatic rings. The highest BCUT2D eigenvalue weighted by atomic mass is 28.4. The van der Waals surface area contributed by atoms with Crippen LogP contribution in [0.1, 0.15) is 65.9 Å². The molecule has 1 aromatic rings. The first-order chi connectivity index (χ1) is 18.9. The molecule has 1 aromatic carbocycles. The lowest BCUT2D eigenvalue weighted by Gasteiger charge is -2.61. The van der Waals surface area contributed by atoms with Crippen LogP contribution in [0.2, 0.25) is 16.6 Å². The lowest BCUT2D eigenvalue weighted by molar-refractivity contribution is -0.321. The lowest BCUT2D eigenvalue weighted by atomic mass is 9.52. The molecule has 0 amide bonds. The smallest absolute Gasteiger partial charge is 0.200 e. The van der Waals surface area contributed by atoms with Gasteiger partial charge in [-0.15, -0.1) is 6.58 Å². The second-order valence-electron chi connectivity index (χ2n) is 12.1. The molecular formula is C32H50O7Si. The minimum atomic E-state index is -2.39. The van der Waals surface area contributed by atoms with Crippen molar-refractivity contribution in [2.45, 2.75) is 88.8 Å². The number of carbonyl (C=O) groups excluding carboxylic acids is 1. The summed E-state index contributed by atoms with van der Waals surface area (Å²) in [7, 11) is 5.70. The van der Waals surface area contributed by atoms with Gasteiger partial charge in [0.25, 0.3) is 0 Å². The molecule has 0 unspecified atom stereocenters. The summed E-state index contributed by atoms with van der Waals surface area (Å²) in [6.07, 6.45) is 3.91. The van der Waals surface area contributed by atoms with Crippen LogP contribution in [0.25, 0.3) is 0 Å². The first-order valence-corrected chi connectivity index (χ1v) is 16.5. The highest BCUT2D eigenvalue weighted by Crippen LogP contribution is 2.64. The van der Waals surface area contributed by atoms with Crippen LogP contribution < -0.4 is 9.47 Å². The van der Waals surface area contributed by atoms with E-state index in [1.54, 1.807) is 47.7 Å². The van der Waals surface area contributed by atoms with E-state index in [0.717, 1.165) is 5.56 Å². The number of carbonyl (C=O) groups is 1. The number of benzene rings is 1. The Bertz CT molecular complexity index is 1070. The Labute approximate surface area is 242 Å². The van der Waals surface area contributed by atoms with Crippen LogP contribution >= 0.6 is 0 Å². The second-order valence-corrected chi connectivity index (χ2v) is 17.5. The Morgan fingerprint density at radius 3 is 1.95 bits per heavy atom. The van der Waals surface area contributed by atoms with Crippen LogP contribution in [0.4, 0.5) is 0 Å². The maximum absolute atomic E-state index is 14.1. The van der Waals surface area contributed by atoms with Gasteiger partial charge in [-0.2, -0.15) is 0 Å². The Morgan fingerprint density at radius 1 is 0.925 bits per heavy atom. The van der Waals surface area contributed by atoms with Gasteiger partial charge in [0.05, 0.1) is 38.8 Å². The highest BCUT2D eigenvalue weighted by Gasteiger charge is 2.71. The topological polar surface area (TPSA) is 72.5 Å². The molecule has 0 N–H and O–H groups in total. The summed E-state index contributed by atoms with van der Waals surface area (Å²) >= 11 is 0. The SMILES string of the molecule is C=CC[C@]12C[C@H](O[Si](C(C)C)(C(C)C)C(C)C)[C@@H](c3ccc(OC)c(OC)c3)[C@@H](C(OC)=CC1=O)C2(OC)OC. The predicted octanol–water partition coefficient (Wildman–Crippen LogP) is 7.03. The molecule has 1 saturated carbocycles. The van der Waals surface area contributed by atoms with E-state index < -0.39 is 25.4 Å². The van der Waals surface area contributed by atoms with E-state index in [1.807, 2.05) is 18.2 Å². The van der Waals surface area contributed by atoms with Crippen molar-refractivity contribution in [1.29, 1.82) is 0 Å². The first-order valence-electron chi connectivity index (χ1n) is 14.3. The zero-order valence-electron chi connectivity index (χ0n) is 26.3. The van der Waals surface area contributed by atoms with E-state index in [-0.39, 0.29) is 17.8 Å². The van der Waals surface area contributed by atoms with Crippen molar-refractivity contribution in [1.82, 2.24) is 0 Å². The fraction of sp³-hybridized carbons (Fsp3) is 0.656. The van der Waals surface area contributed by atoms with Crippen LogP contribution in [-0.4, -0.2) is 61.5 Å². The summed E-state index contributed by atoms with van der Waals surface area (Å²) in [5.41, 5.74) is 1.03.